The van der Waals surface area contributed by atoms with Gasteiger partial charge >= 0.3 is 0 Å². The van der Waals surface area contributed by atoms with Gasteiger partial charge in [0.05, 0.1) is 0 Å². The van der Waals surface area contributed by atoms with Crippen molar-refractivity contribution in [1.82, 2.24) is 24.8 Å². The normalized spacial score (nSPS) is 23.2. The molecule has 0 aliphatic heterocycles. The van der Waals surface area contributed by atoms with Crippen molar-refractivity contribution in [3.05, 3.63) is 36.2 Å². The van der Waals surface area contributed by atoms with Crippen LogP contribution in [0.2, 0.25) is 0 Å². The SMILES string of the molecule is O=C(NC1CCC(C(F)F)CC1)c1cc(C2CC2)nc(-n2ccnc2)n1. The zero-order valence-electron chi connectivity index (χ0n) is 14.3. The van der Waals surface area contributed by atoms with Gasteiger partial charge in [0.15, 0.2) is 0 Å². The fraction of sp³-hybridized carbons (Fsp3) is 0.556. The Bertz CT molecular complexity index is 768. The second-order valence-corrected chi connectivity index (χ2v) is 7.14. The molecule has 0 bridgehead atoms. The standard InChI is InChI=1S/C18H21F2N5O/c19-16(20)12-3-5-13(6-4-12)22-17(26)15-9-14(11-1-2-11)23-18(24-15)25-8-7-21-10-25/h7-13,16H,1-6H2,(H,22,26). The van der Waals surface area contributed by atoms with E-state index in [0.29, 0.717) is 43.2 Å². The Morgan fingerprint density at radius 2 is 1.92 bits per heavy atom. The van der Waals surface area contributed by atoms with Crippen LogP contribution in [0.15, 0.2) is 24.8 Å². The van der Waals surface area contributed by atoms with E-state index in [4.69, 9.17) is 0 Å². The van der Waals surface area contributed by atoms with Crippen molar-refractivity contribution >= 4 is 5.91 Å². The first kappa shape index (κ1) is 17.1. The number of carbonyl (C=O) groups excluding carboxylic acids is 1. The van der Waals surface area contributed by atoms with Gasteiger partial charge in [-0.3, -0.25) is 9.36 Å². The summed E-state index contributed by atoms with van der Waals surface area (Å²) >= 11 is 0. The third-order valence-corrected chi connectivity index (χ3v) is 5.16. The number of amides is 1. The summed E-state index contributed by atoms with van der Waals surface area (Å²) in [6.07, 6.45) is 6.88. The van der Waals surface area contributed by atoms with E-state index in [-0.39, 0.29) is 11.9 Å². The van der Waals surface area contributed by atoms with Crippen LogP contribution in [0.1, 0.15) is 60.6 Å². The van der Waals surface area contributed by atoms with Crippen molar-refractivity contribution < 1.29 is 13.6 Å². The summed E-state index contributed by atoms with van der Waals surface area (Å²) < 4.78 is 27.2. The lowest BCUT2D eigenvalue weighted by Gasteiger charge is -2.28. The highest BCUT2D eigenvalue weighted by atomic mass is 19.3. The Labute approximate surface area is 150 Å². The van der Waals surface area contributed by atoms with Crippen molar-refractivity contribution in [3.63, 3.8) is 0 Å². The van der Waals surface area contributed by atoms with Crippen LogP contribution >= 0.6 is 0 Å². The van der Waals surface area contributed by atoms with Crippen molar-refractivity contribution in [3.8, 4) is 5.95 Å². The van der Waals surface area contributed by atoms with Crippen LogP contribution in [0.5, 0.6) is 0 Å². The highest BCUT2D eigenvalue weighted by Crippen LogP contribution is 2.39. The lowest BCUT2D eigenvalue weighted by atomic mass is 9.86. The van der Waals surface area contributed by atoms with Gasteiger partial charge in [0.1, 0.15) is 12.0 Å². The molecule has 1 amide bonds. The maximum absolute atomic E-state index is 12.8. The van der Waals surface area contributed by atoms with Gasteiger partial charge in [0, 0.05) is 36.0 Å². The molecule has 0 radical (unpaired) electrons. The number of nitrogens with one attached hydrogen (secondary N) is 1. The maximum atomic E-state index is 12.8. The Morgan fingerprint density at radius 1 is 1.15 bits per heavy atom. The topological polar surface area (TPSA) is 72.7 Å². The van der Waals surface area contributed by atoms with Gasteiger partial charge in [-0.1, -0.05) is 0 Å². The number of imidazole rings is 1. The second kappa shape index (κ2) is 7.09. The average molecular weight is 361 g/mol. The van der Waals surface area contributed by atoms with E-state index < -0.39 is 12.3 Å². The molecule has 2 aromatic rings. The van der Waals surface area contributed by atoms with E-state index in [9.17, 15) is 13.6 Å². The van der Waals surface area contributed by atoms with Gasteiger partial charge in [-0.2, -0.15) is 0 Å². The smallest absolute Gasteiger partial charge is 0.270 e. The molecule has 138 valence electrons. The number of halogens is 2. The Balaban J connectivity index is 1.49. The molecule has 2 aliphatic rings. The van der Waals surface area contributed by atoms with Crippen LogP contribution in [0.4, 0.5) is 8.78 Å². The molecule has 4 rings (SSSR count). The van der Waals surface area contributed by atoms with E-state index in [0.717, 1.165) is 18.5 Å². The second-order valence-electron chi connectivity index (χ2n) is 7.14. The summed E-state index contributed by atoms with van der Waals surface area (Å²) in [5, 5.41) is 2.95. The molecule has 1 N–H and O–H groups in total. The van der Waals surface area contributed by atoms with Crippen LogP contribution in [0.3, 0.4) is 0 Å². The molecular weight excluding hydrogens is 340 g/mol. The molecule has 8 heteroatoms. The van der Waals surface area contributed by atoms with Gasteiger partial charge in [-0.05, 0) is 44.6 Å². The maximum Gasteiger partial charge on any atom is 0.270 e. The fourth-order valence-electron chi connectivity index (χ4n) is 3.43. The fourth-order valence-corrected chi connectivity index (χ4v) is 3.43. The van der Waals surface area contributed by atoms with Crippen LogP contribution in [0, 0.1) is 5.92 Å². The lowest BCUT2D eigenvalue weighted by molar-refractivity contribution is 0.0499. The van der Waals surface area contributed by atoms with Crippen molar-refractivity contribution in [2.75, 3.05) is 0 Å². The number of nitrogens with zero attached hydrogens (tertiary/aromatic N) is 4. The van der Waals surface area contributed by atoms with Gasteiger partial charge in [0.2, 0.25) is 12.4 Å². The average Bonchev–Trinajstić information content (AvgIpc) is 3.36. The summed E-state index contributed by atoms with van der Waals surface area (Å²) in [6, 6.07) is 1.67. The molecule has 2 fully saturated rings. The highest BCUT2D eigenvalue weighted by Gasteiger charge is 2.30. The van der Waals surface area contributed by atoms with Crippen LogP contribution in [-0.2, 0) is 0 Å². The molecule has 0 saturated heterocycles. The molecule has 2 aromatic heterocycles. The first-order valence-corrected chi connectivity index (χ1v) is 9.06. The number of hydrogen-bond donors (Lipinski definition) is 1. The number of rotatable bonds is 5. The number of carbonyl (C=O) groups is 1. The quantitative estimate of drug-likeness (QED) is 0.888. The van der Waals surface area contributed by atoms with Gasteiger partial charge in [0.25, 0.3) is 5.91 Å². The third kappa shape index (κ3) is 3.73. The number of aromatic nitrogens is 4. The van der Waals surface area contributed by atoms with Crippen molar-refractivity contribution in [2.24, 2.45) is 5.92 Å². The summed E-state index contributed by atoms with van der Waals surface area (Å²) in [5.74, 6) is -0.000520. The highest BCUT2D eigenvalue weighted by molar-refractivity contribution is 5.92. The monoisotopic (exact) mass is 361 g/mol. The van der Waals surface area contributed by atoms with Crippen LogP contribution in [-0.4, -0.2) is 37.9 Å². The van der Waals surface area contributed by atoms with E-state index >= 15 is 0 Å². The van der Waals surface area contributed by atoms with Crippen molar-refractivity contribution in [2.45, 2.75) is 56.9 Å². The lowest BCUT2D eigenvalue weighted by Crippen LogP contribution is -2.39. The van der Waals surface area contributed by atoms with Gasteiger partial charge in [-0.25, -0.2) is 23.7 Å². The molecule has 2 heterocycles. The molecule has 26 heavy (non-hydrogen) atoms. The predicted octanol–water partition coefficient (Wildman–Crippen LogP) is 3.09. The zero-order valence-corrected chi connectivity index (χ0v) is 14.3. The Morgan fingerprint density at radius 3 is 2.54 bits per heavy atom. The predicted molar refractivity (Wildman–Crippen MR) is 90.3 cm³/mol. The van der Waals surface area contributed by atoms with Gasteiger partial charge in [-0.15, -0.1) is 0 Å². The molecule has 6 nitrogen and oxygen atoms in total. The molecule has 2 aliphatic carbocycles. The minimum atomic E-state index is -2.27. The minimum absolute atomic E-state index is 0.0754. The Hall–Kier alpha value is -2.38. The molecule has 0 spiro atoms. The summed E-state index contributed by atoms with van der Waals surface area (Å²) in [6.45, 7) is 0. The molecule has 0 aromatic carbocycles. The minimum Gasteiger partial charge on any atom is -0.348 e. The molecule has 0 atom stereocenters. The largest absolute Gasteiger partial charge is 0.348 e. The molecule has 2 saturated carbocycles. The summed E-state index contributed by atoms with van der Waals surface area (Å²) in [4.78, 5) is 25.6. The summed E-state index contributed by atoms with van der Waals surface area (Å²) in [5.41, 5.74) is 1.19. The molecular formula is C18H21F2N5O. The number of alkyl halides is 2. The van der Waals surface area contributed by atoms with Crippen LogP contribution < -0.4 is 5.32 Å². The van der Waals surface area contributed by atoms with E-state index in [1.807, 2.05) is 0 Å². The van der Waals surface area contributed by atoms with E-state index in [2.05, 4.69) is 20.3 Å². The van der Waals surface area contributed by atoms with E-state index in [1.54, 1.807) is 29.4 Å². The molecule has 0 unspecified atom stereocenters. The van der Waals surface area contributed by atoms with Gasteiger partial charge < -0.3 is 5.32 Å². The zero-order chi connectivity index (χ0) is 18.1. The van der Waals surface area contributed by atoms with Crippen molar-refractivity contribution in [1.29, 1.82) is 0 Å². The van der Waals surface area contributed by atoms with Crippen LogP contribution in [0.25, 0.3) is 5.95 Å². The third-order valence-electron chi connectivity index (χ3n) is 5.16. The Kier molecular flexibility index (Phi) is 4.65. The first-order chi connectivity index (χ1) is 12.6. The van der Waals surface area contributed by atoms with E-state index in [1.165, 1.54) is 0 Å². The number of hydrogen-bond acceptors (Lipinski definition) is 4. The summed E-state index contributed by atoms with van der Waals surface area (Å²) in [7, 11) is 0. The first-order valence-electron chi connectivity index (χ1n) is 9.06.